The molecule has 3 nitrogen and oxygen atoms in total. The first-order chi connectivity index (χ1) is 7.08. The summed E-state index contributed by atoms with van der Waals surface area (Å²) < 4.78 is 1.10. The summed E-state index contributed by atoms with van der Waals surface area (Å²) in [7, 11) is 1.99. The van der Waals surface area contributed by atoms with Crippen molar-refractivity contribution in [3.8, 4) is 0 Å². The Balaban J connectivity index is 1.89. The fourth-order valence-electron chi connectivity index (χ4n) is 1.73. The van der Waals surface area contributed by atoms with Crippen LogP contribution in [0.15, 0.2) is 15.9 Å². The normalized spacial score (nSPS) is 24.5. The summed E-state index contributed by atoms with van der Waals surface area (Å²) in [4.78, 5) is 14.1. The lowest BCUT2D eigenvalue weighted by atomic mass is 10.3. The first-order valence-electron chi connectivity index (χ1n) is 4.74. The fourth-order valence-corrected chi connectivity index (χ4v) is 3.25. The second kappa shape index (κ2) is 4.23. The van der Waals surface area contributed by atoms with E-state index < -0.39 is 5.97 Å². The number of halogens is 1. The van der Waals surface area contributed by atoms with E-state index in [-0.39, 0.29) is 12.0 Å². The quantitative estimate of drug-likeness (QED) is 0.925. The molecule has 0 amide bonds. The van der Waals surface area contributed by atoms with Crippen molar-refractivity contribution < 1.29 is 9.90 Å². The molecule has 0 radical (unpaired) electrons. The maximum Gasteiger partial charge on any atom is 0.308 e. The molecule has 0 bridgehead atoms. The highest BCUT2D eigenvalue weighted by molar-refractivity contribution is 9.10. The zero-order chi connectivity index (χ0) is 11.0. The smallest absolute Gasteiger partial charge is 0.308 e. The maximum absolute atomic E-state index is 10.7. The van der Waals surface area contributed by atoms with Gasteiger partial charge in [0, 0.05) is 27.3 Å². The van der Waals surface area contributed by atoms with E-state index in [1.54, 1.807) is 11.3 Å². The molecule has 2 unspecified atom stereocenters. The van der Waals surface area contributed by atoms with Crippen LogP contribution in [0, 0.1) is 5.92 Å². The molecule has 0 spiro atoms. The van der Waals surface area contributed by atoms with Crippen molar-refractivity contribution in [1.82, 2.24) is 4.90 Å². The van der Waals surface area contributed by atoms with Crippen LogP contribution in [0.25, 0.3) is 0 Å². The molecule has 1 N–H and O–H groups in total. The summed E-state index contributed by atoms with van der Waals surface area (Å²) in [6.45, 7) is 0.838. The molecule has 5 heteroatoms. The average molecular weight is 290 g/mol. The monoisotopic (exact) mass is 289 g/mol. The van der Waals surface area contributed by atoms with Crippen molar-refractivity contribution >= 4 is 33.2 Å². The van der Waals surface area contributed by atoms with Crippen molar-refractivity contribution in [2.75, 3.05) is 7.05 Å². The third-order valence-corrected chi connectivity index (χ3v) is 4.35. The molecule has 1 fully saturated rings. The average Bonchev–Trinajstić information content (AvgIpc) is 2.86. The van der Waals surface area contributed by atoms with E-state index in [0.717, 1.165) is 17.4 Å². The first kappa shape index (κ1) is 11.1. The second-order valence-corrected chi connectivity index (χ2v) is 5.81. The molecule has 1 aromatic heterocycles. The number of carbonyl (C=O) groups is 1. The summed E-state index contributed by atoms with van der Waals surface area (Å²) in [5.74, 6) is -0.822. The standard InChI is InChI=1S/C10H12BrNO2S/c1-12(9-3-8(9)10(13)14)4-7-2-6(11)5-15-7/h2,5,8-9H,3-4H2,1H3,(H,13,14). The van der Waals surface area contributed by atoms with E-state index in [4.69, 9.17) is 5.11 Å². The number of hydrogen-bond donors (Lipinski definition) is 1. The van der Waals surface area contributed by atoms with Crippen LogP contribution in [0.5, 0.6) is 0 Å². The summed E-state index contributed by atoms with van der Waals surface area (Å²) >= 11 is 5.10. The van der Waals surface area contributed by atoms with Gasteiger partial charge in [-0.15, -0.1) is 11.3 Å². The van der Waals surface area contributed by atoms with Crippen LogP contribution in [0.1, 0.15) is 11.3 Å². The van der Waals surface area contributed by atoms with Gasteiger partial charge in [0.25, 0.3) is 0 Å². The number of rotatable bonds is 4. The third-order valence-electron chi connectivity index (χ3n) is 2.67. The van der Waals surface area contributed by atoms with Crippen molar-refractivity contribution in [2.45, 2.75) is 19.0 Å². The Morgan fingerprint density at radius 3 is 3.00 bits per heavy atom. The molecular weight excluding hydrogens is 278 g/mol. The van der Waals surface area contributed by atoms with Crippen molar-refractivity contribution in [3.63, 3.8) is 0 Å². The van der Waals surface area contributed by atoms with Crippen molar-refractivity contribution in [2.24, 2.45) is 5.92 Å². The zero-order valence-electron chi connectivity index (χ0n) is 8.31. The Bertz CT molecular complexity index is 379. The van der Waals surface area contributed by atoms with Crippen LogP contribution >= 0.6 is 27.3 Å². The highest BCUT2D eigenvalue weighted by Crippen LogP contribution is 2.36. The Hall–Kier alpha value is -0.390. The number of carboxylic acids is 1. The van der Waals surface area contributed by atoms with Gasteiger partial charge in [0.1, 0.15) is 0 Å². The number of hydrogen-bond acceptors (Lipinski definition) is 3. The van der Waals surface area contributed by atoms with E-state index in [1.807, 2.05) is 12.4 Å². The largest absolute Gasteiger partial charge is 0.481 e. The van der Waals surface area contributed by atoms with Crippen molar-refractivity contribution in [3.05, 3.63) is 20.8 Å². The number of nitrogens with zero attached hydrogens (tertiary/aromatic N) is 1. The molecule has 0 saturated heterocycles. The SMILES string of the molecule is CN(Cc1cc(Br)cs1)C1CC1C(=O)O. The van der Waals surface area contributed by atoms with Crippen LogP contribution in [0.3, 0.4) is 0 Å². The Morgan fingerprint density at radius 1 is 1.80 bits per heavy atom. The van der Waals surface area contributed by atoms with Crippen LogP contribution in [0.2, 0.25) is 0 Å². The second-order valence-electron chi connectivity index (χ2n) is 3.89. The van der Waals surface area contributed by atoms with E-state index in [9.17, 15) is 4.79 Å². The van der Waals surface area contributed by atoms with Crippen LogP contribution in [-0.2, 0) is 11.3 Å². The highest BCUT2D eigenvalue weighted by Gasteiger charge is 2.45. The van der Waals surface area contributed by atoms with Gasteiger partial charge in [-0.05, 0) is 35.5 Å². The highest BCUT2D eigenvalue weighted by atomic mass is 79.9. The summed E-state index contributed by atoms with van der Waals surface area (Å²) in [5, 5.41) is 10.9. The van der Waals surface area contributed by atoms with Gasteiger partial charge in [-0.1, -0.05) is 0 Å². The number of aliphatic carboxylic acids is 1. The molecule has 1 saturated carbocycles. The van der Waals surface area contributed by atoms with Gasteiger partial charge in [-0.3, -0.25) is 9.69 Å². The van der Waals surface area contributed by atoms with E-state index >= 15 is 0 Å². The minimum absolute atomic E-state index is 0.154. The summed E-state index contributed by atoms with van der Waals surface area (Å²) in [5.41, 5.74) is 0. The van der Waals surface area contributed by atoms with Gasteiger partial charge >= 0.3 is 5.97 Å². The lowest BCUT2D eigenvalue weighted by Gasteiger charge is -2.14. The van der Waals surface area contributed by atoms with Gasteiger partial charge < -0.3 is 5.11 Å². The predicted molar refractivity (Wildman–Crippen MR) is 63.0 cm³/mol. The lowest BCUT2D eigenvalue weighted by molar-refractivity contribution is -0.138. The van der Waals surface area contributed by atoms with Gasteiger partial charge in [0.15, 0.2) is 0 Å². The molecule has 0 aliphatic heterocycles. The molecule has 82 valence electrons. The molecule has 1 heterocycles. The van der Waals surface area contributed by atoms with E-state index in [0.29, 0.717) is 0 Å². The van der Waals surface area contributed by atoms with Crippen LogP contribution < -0.4 is 0 Å². The summed E-state index contributed by atoms with van der Waals surface area (Å²) in [6, 6.07) is 2.31. The Labute approximate surface area is 101 Å². The minimum Gasteiger partial charge on any atom is -0.481 e. The molecular formula is C10H12BrNO2S. The molecule has 2 rings (SSSR count). The maximum atomic E-state index is 10.7. The molecule has 0 aromatic carbocycles. The lowest BCUT2D eigenvalue weighted by Crippen LogP contribution is -2.23. The molecule has 1 aromatic rings. The van der Waals surface area contributed by atoms with E-state index in [2.05, 4.69) is 26.9 Å². The summed E-state index contributed by atoms with van der Waals surface area (Å²) in [6.07, 6.45) is 0.790. The third kappa shape index (κ3) is 2.59. The van der Waals surface area contributed by atoms with Gasteiger partial charge in [0.05, 0.1) is 5.92 Å². The molecule has 2 atom stereocenters. The minimum atomic E-state index is -0.667. The molecule has 1 aliphatic carbocycles. The van der Waals surface area contributed by atoms with Crippen LogP contribution in [-0.4, -0.2) is 29.1 Å². The zero-order valence-corrected chi connectivity index (χ0v) is 10.7. The number of carboxylic acid groups (broad SMARTS) is 1. The molecule has 1 aliphatic rings. The molecule has 15 heavy (non-hydrogen) atoms. The van der Waals surface area contributed by atoms with E-state index in [1.165, 1.54) is 4.88 Å². The Morgan fingerprint density at radius 2 is 2.53 bits per heavy atom. The number of thiophene rings is 1. The fraction of sp³-hybridized carbons (Fsp3) is 0.500. The van der Waals surface area contributed by atoms with Gasteiger partial charge in [0.2, 0.25) is 0 Å². The van der Waals surface area contributed by atoms with Gasteiger partial charge in [-0.2, -0.15) is 0 Å². The van der Waals surface area contributed by atoms with Crippen molar-refractivity contribution in [1.29, 1.82) is 0 Å². The topological polar surface area (TPSA) is 40.5 Å². The predicted octanol–water partition coefficient (Wildman–Crippen LogP) is 2.42. The van der Waals surface area contributed by atoms with Gasteiger partial charge in [-0.25, -0.2) is 0 Å². The Kier molecular flexibility index (Phi) is 3.13. The first-order valence-corrected chi connectivity index (χ1v) is 6.41. The van der Waals surface area contributed by atoms with Crippen LogP contribution in [0.4, 0.5) is 0 Å².